The standard InChI is InChI=1S/C15H19N5O/c21-15(19-14-10-16-17-11-14)20-8-6-13(7-9-20)18-12-4-2-1-3-5-12/h1-5,10-11,13,18H,6-9H2,(H,16,17)(H,19,21). The van der Waals surface area contributed by atoms with E-state index < -0.39 is 0 Å². The van der Waals surface area contributed by atoms with Crippen molar-refractivity contribution in [3.63, 3.8) is 0 Å². The summed E-state index contributed by atoms with van der Waals surface area (Å²) in [6.07, 6.45) is 5.17. The van der Waals surface area contributed by atoms with Crippen molar-refractivity contribution in [1.29, 1.82) is 0 Å². The van der Waals surface area contributed by atoms with Gasteiger partial charge in [-0.1, -0.05) is 18.2 Å². The normalized spacial score (nSPS) is 15.7. The maximum absolute atomic E-state index is 12.1. The molecule has 1 aliphatic rings. The number of carbonyl (C=O) groups is 1. The predicted octanol–water partition coefficient (Wildman–Crippen LogP) is 2.52. The zero-order valence-electron chi connectivity index (χ0n) is 11.7. The van der Waals surface area contributed by atoms with Gasteiger partial charge in [-0.05, 0) is 25.0 Å². The first-order chi connectivity index (χ1) is 10.3. The summed E-state index contributed by atoms with van der Waals surface area (Å²) in [6, 6.07) is 10.6. The number of carbonyl (C=O) groups excluding carboxylic acids is 1. The number of likely N-dealkylation sites (tertiary alicyclic amines) is 1. The smallest absolute Gasteiger partial charge is 0.321 e. The number of amides is 2. The third-order valence-electron chi connectivity index (χ3n) is 3.68. The van der Waals surface area contributed by atoms with E-state index in [1.54, 1.807) is 12.4 Å². The highest BCUT2D eigenvalue weighted by Crippen LogP contribution is 2.17. The summed E-state index contributed by atoms with van der Waals surface area (Å²) in [5.41, 5.74) is 1.84. The first-order valence-corrected chi connectivity index (χ1v) is 7.17. The van der Waals surface area contributed by atoms with Gasteiger partial charge in [0, 0.05) is 31.0 Å². The van der Waals surface area contributed by atoms with Crippen LogP contribution in [-0.2, 0) is 0 Å². The minimum absolute atomic E-state index is 0.0606. The van der Waals surface area contributed by atoms with E-state index in [0.717, 1.165) is 31.6 Å². The van der Waals surface area contributed by atoms with Crippen LogP contribution in [0.25, 0.3) is 0 Å². The lowest BCUT2D eigenvalue weighted by Gasteiger charge is -2.32. The van der Waals surface area contributed by atoms with Crippen molar-refractivity contribution < 1.29 is 4.79 Å². The highest BCUT2D eigenvalue weighted by molar-refractivity contribution is 5.89. The Bertz CT molecular complexity index is 561. The quantitative estimate of drug-likeness (QED) is 0.811. The molecule has 1 saturated heterocycles. The van der Waals surface area contributed by atoms with Gasteiger partial charge in [0.2, 0.25) is 0 Å². The van der Waals surface area contributed by atoms with Crippen molar-refractivity contribution >= 4 is 17.4 Å². The SMILES string of the molecule is O=C(Nc1cn[nH]c1)N1CCC(Nc2ccccc2)CC1. The molecule has 0 bridgehead atoms. The van der Waals surface area contributed by atoms with Crippen LogP contribution in [0.1, 0.15) is 12.8 Å². The Kier molecular flexibility index (Phi) is 4.04. The minimum atomic E-state index is -0.0606. The molecule has 0 unspecified atom stereocenters. The average Bonchev–Trinajstić information content (AvgIpc) is 3.02. The molecule has 6 nitrogen and oxygen atoms in total. The molecule has 2 aromatic rings. The second-order valence-corrected chi connectivity index (χ2v) is 5.19. The number of benzene rings is 1. The van der Waals surface area contributed by atoms with Gasteiger partial charge in [-0.25, -0.2) is 4.79 Å². The molecule has 1 fully saturated rings. The molecule has 0 atom stereocenters. The summed E-state index contributed by atoms with van der Waals surface area (Å²) in [7, 11) is 0. The Morgan fingerprint density at radius 3 is 2.62 bits per heavy atom. The van der Waals surface area contributed by atoms with Gasteiger partial charge in [0.05, 0.1) is 11.9 Å². The first-order valence-electron chi connectivity index (χ1n) is 7.17. The van der Waals surface area contributed by atoms with E-state index >= 15 is 0 Å². The Morgan fingerprint density at radius 2 is 1.95 bits per heavy atom. The number of nitrogens with one attached hydrogen (secondary N) is 3. The monoisotopic (exact) mass is 285 g/mol. The van der Waals surface area contributed by atoms with Crippen LogP contribution in [0.4, 0.5) is 16.2 Å². The van der Waals surface area contributed by atoms with Crippen molar-refractivity contribution in [2.45, 2.75) is 18.9 Å². The molecule has 0 aliphatic carbocycles. The van der Waals surface area contributed by atoms with Crippen molar-refractivity contribution in [1.82, 2.24) is 15.1 Å². The van der Waals surface area contributed by atoms with E-state index in [2.05, 4.69) is 33.0 Å². The van der Waals surface area contributed by atoms with E-state index in [0.29, 0.717) is 11.7 Å². The summed E-state index contributed by atoms with van der Waals surface area (Å²) in [6.45, 7) is 1.52. The van der Waals surface area contributed by atoms with E-state index in [-0.39, 0.29) is 6.03 Å². The fourth-order valence-corrected chi connectivity index (χ4v) is 2.52. The number of para-hydroxylation sites is 1. The molecule has 110 valence electrons. The molecule has 3 N–H and O–H groups in total. The van der Waals surface area contributed by atoms with E-state index in [9.17, 15) is 4.79 Å². The molecule has 21 heavy (non-hydrogen) atoms. The summed E-state index contributed by atoms with van der Waals surface area (Å²) >= 11 is 0. The maximum Gasteiger partial charge on any atom is 0.321 e. The van der Waals surface area contributed by atoms with E-state index in [4.69, 9.17) is 0 Å². The third kappa shape index (κ3) is 3.53. The Labute approximate surface area is 123 Å². The van der Waals surface area contributed by atoms with Crippen LogP contribution < -0.4 is 10.6 Å². The molecule has 3 rings (SSSR count). The molecule has 0 saturated carbocycles. The second kappa shape index (κ2) is 6.30. The van der Waals surface area contributed by atoms with E-state index in [1.165, 1.54) is 0 Å². The number of urea groups is 1. The molecule has 2 amide bonds. The van der Waals surface area contributed by atoms with Crippen LogP contribution in [-0.4, -0.2) is 40.3 Å². The van der Waals surface area contributed by atoms with Gasteiger partial charge in [-0.3, -0.25) is 5.10 Å². The van der Waals surface area contributed by atoms with Gasteiger partial charge >= 0.3 is 6.03 Å². The minimum Gasteiger partial charge on any atom is -0.382 e. The van der Waals surface area contributed by atoms with Gasteiger partial charge < -0.3 is 15.5 Å². The number of rotatable bonds is 3. The Morgan fingerprint density at radius 1 is 1.19 bits per heavy atom. The maximum atomic E-state index is 12.1. The predicted molar refractivity (Wildman–Crippen MR) is 82.3 cm³/mol. The third-order valence-corrected chi connectivity index (χ3v) is 3.68. The van der Waals surface area contributed by atoms with Crippen molar-refractivity contribution in [2.75, 3.05) is 23.7 Å². The van der Waals surface area contributed by atoms with Gasteiger partial charge in [0.15, 0.2) is 0 Å². The van der Waals surface area contributed by atoms with Crippen molar-refractivity contribution in [2.24, 2.45) is 0 Å². The molecule has 6 heteroatoms. The van der Waals surface area contributed by atoms with Crippen LogP contribution in [0.2, 0.25) is 0 Å². The molecule has 1 aromatic carbocycles. The largest absolute Gasteiger partial charge is 0.382 e. The number of hydrogen-bond donors (Lipinski definition) is 3. The highest BCUT2D eigenvalue weighted by atomic mass is 16.2. The molecule has 1 aromatic heterocycles. The van der Waals surface area contributed by atoms with Gasteiger partial charge in [0.25, 0.3) is 0 Å². The number of piperidine rings is 1. The summed E-state index contributed by atoms with van der Waals surface area (Å²) in [5.74, 6) is 0. The fraction of sp³-hybridized carbons (Fsp3) is 0.333. The number of aromatic amines is 1. The topological polar surface area (TPSA) is 73.0 Å². The van der Waals surface area contributed by atoms with Crippen molar-refractivity contribution in [3.8, 4) is 0 Å². The summed E-state index contributed by atoms with van der Waals surface area (Å²) in [4.78, 5) is 13.9. The summed E-state index contributed by atoms with van der Waals surface area (Å²) in [5, 5.41) is 12.8. The number of anilines is 2. The lowest BCUT2D eigenvalue weighted by Crippen LogP contribution is -2.44. The highest BCUT2D eigenvalue weighted by Gasteiger charge is 2.22. The number of aromatic nitrogens is 2. The van der Waals surface area contributed by atoms with Crippen LogP contribution in [0.15, 0.2) is 42.7 Å². The molecule has 0 spiro atoms. The van der Waals surface area contributed by atoms with Crippen molar-refractivity contribution in [3.05, 3.63) is 42.7 Å². The molecule has 2 heterocycles. The number of hydrogen-bond acceptors (Lipinski definition) is 3. The van der Waals surface area contributed by atoms with Crippen LogP contribution in [0.5, 0.6) is 0 Å². The second-order valence-electron chi connectivity index (χ2n) is 5.19. The van der Waals surface area contributed by atoms with Gasteiger partial charge in [-0.15, -0.1) is 0 Å². The zero-order chi connectivity index (χ0) is 14.5. The van der Waals surface area contributed by atoms with E-state index in [1.807, 2.05) is 23.1 Å². The van der Waals surface area contributed by atoms with Crippen LogP contribution in [0, 0.1) is 0 Å². The number of nitrogens with zero attached hydrogens (tertiary/aromatic N) is 2. The molecular formula is C15H19N5O. The van der Waals surface area contributed by atoms with Gasteiger partial charge in [0.1, 0.15) is 0 Å². The molecular weight excluding hydrogens is 266 g/mol. The lowest BCUT2D eigenvalue weighted by atomic mass is 10.0. The van der Waals surface area contributed by atoms with Gasteiger partial charge in [-0.2, -0.15) is 5.10 Å². The lowest BCUT2D eigenvalue weighted by molar-refractivity contribution is 0.197. The fourth-order valence-electron chi connectivity index (χ4n) is 2.52. The Hall–Kier alpha value is -2.50. The average molecular weight is 285 g/mol. The molecule has 1 aliphatic heterocycles. The molecule has 0 radical (unpaired) electrons. The van der Waals surface area contributed by atoms with Crippen LogP contribution in [0.3, 0.4) is 0 Å². The number of H-pyrrole nitrogens is 1. The zero-order valence-corrected chi connectivity index (χ0v) is 11.7. The summed E-state index contributed by atoms with van der Waals surface area (Å²) < 4.78 is 0. The first kappa shape index (κ1) is 13.5. The Balaban J connectivity index is 1.47. The van der Waals surface area contributed by atoms with Crippen LogP contribution >= 0.6 is 0 Å².